The van der Waals surface area contributed by atoms with E-state index < -0.39 is 0 Å². The van der Waals surface area contributed by atoms with Crippen molar-refractivity contribution in [2.75, 3.05) is 16.8 Å². The molecule has 2 N–H and O–H groups in total. The highest BCUT2D eigenvalue weighted by Crippen LogP contribution is 2.32. The number of H-pyrrole nitrogens is 1. The lowest BCUT2D eigenvalue weighted by Gasteiger charge is -2.22. The van der Waals surface area contributed by atoms with Crippen molar-refractivity contribution < 1.29 is 4.79 Å². The highest BCUT2D eigenvalue weighted by molar-refractivity contribution is 6.06. The van der Waals surface area contributed by atoms with E-state index in [9.17, 15) is 4.79 Å². The van der Waals surface area contributed by atoms with E-state index in [1.165, 1.54) is 16.5 Å². The maximum atomic E-state index is 13.0. The predicted octanol–water partition coefficient (Wildman–Crippen LogP) is 4.20. The molecule has 0 spiro atoms. The fraction of sp³-hybridized carbons (Fsp3) is 0.208. The molecule has 30 heavy (non-hydrogen) atoms. The van der Waals surface area contributed by atoms with Crippen molar-refractivity contribution in [3.8, 4) is 0 Å². The van der Waals surface area contributed by atoms with Gasteiger partial charge in [-0.3, -0.25) is 4.79 Å². The topological polar surface area (TPSA) is 73.9 Å². The Morgan fingerprint density at radius 1 is 1.10 bits per heavy atom. The van der Waals surface area contributed by atoms with Gasteiger partial charge >= 0.3 is 0 Å². The molecule has 0 saturated carbocycles. The lowest BCUT2D eigenvalue weighted by Crippen LogP contribution is -2.36. The Bertz CT molecular complexity index is 1200. The Balaban J connectivity index is 1.24. The number of amides is 1. The molecule has 0 aliphatic carbocycles. The van der Waals surface area contributed by atoms with E-state index in [1.807, 2.05) is 41.3 Å². The number of para-hydroxylation sites is 2. The second-order valence-corrected chi connectivity index (χ2v) is 7.70. The molecule has 1 aliphatic heterocycles. The molecule has 0 fully saturated rings. The van der Waals surface area contributed by atoms with Crippen molar-refractivity contribution in [1.82, 2.24) is 15.2 Å². The zero-order chi connectivity index (χ0) is 20.5. The average molecular weight is 397 g/mol. The number of hydrogen-bond donors (Lipinski definition) is 2. The Morgan fingerprint density at radius 2 is 1.93 bits per heavy atom. The molecule has 1 aliphatic rings. The molecule has 1 amide bonds. The molecule has 0 bridgehead atoms. The maximum absolute atomic E-state index is 13.0. The monoisotopic (exact) mass is 397 g/mol. The van der Waals surface area contributed by atoms with Crippen LogP contribution in [0.4, 0.5) is 11.5 Å². The minimum absolute atomic E-state index is 0.106. The molecular weight excluding hydrogens is 374 g/mol. The van der Waals surface area contributed by atoms with Crippen LogP contribution in [0.3, 0.4) is 0 Å². The van der Waals surface area contributed by atoms with Crippen LogP contribution in [0.1, 0.15) is 28.5 Å². The zero-order valence-corrected chi connectivity index (χ0v) is 16.8. The average Bonchev–Trinajstić information content (AvgIpc) is 3.34. The molecule has 3 heterocycles. The summed E-state index contributed by atoms with van der Waals surface area (Å²) in [5.41, 5.74) is 4.94. The normalized spacial score (nSPS) is 15.4. The molecule has 6 nitrogen and oxygen atoms in total. The number of fused-ring (bicyclic) bond motifs is 2. The molecule has 2 aromatic carbocycles. The first-order valence-electron chi connectivity index (χ1n) is 10.2. The second kappa shape index (κ2) is 7.63. The standard InChI is InChI=1S/C24H23N5O/c1-16-14-17-6-2-5-9-22(17)29(16)24(30)21-10-11-23(28-27-21)25-13-12-18-15-26-20-8-4-3-7-19(18)20/h2-11,15-16,26H,12-14H2,1H3,(H,25,28). The number of carbonyl (C=O) groups is 1. The summed E-state index contributed by atoms with van der Waals surface area (Å²) in [4.78, 5) is 18.1. The van der Waals surface area contributed by atoms with Gasteiger partial charge in [-0.25, -0.2) is 0 Å². The molecule has 0 saturated heterocycles. The Labute approximate surface area is 174 Å². The number of anilines is 2. The number of rotatable bonds is 5. The molecule has 5 rings (SSSR count). The van der Waals surface area contributed by atoms with Crippen LogP contribution in [-0.2, 0) is 12.8 Å². The van der Waals surface area contributed by atoms with Crippen LogP contribution in [0, 0.1) is 0 Å². The minimum atomic E-state index is -0.106. The van der Waals surface area contributed by atoms with Crippen molar-refractivity contribution in [3.63, 3.8) is 0 Å². The van der Waals surface area contributed by atoms with E-state index >= 15 is 0 Å². The maximum Gasteiger partial charge on any atom is 0.279 e. The summed E-state index contributed by atoms with van der Waals surface area (Å²) in [5.74, 6) is 0.562. The van der Waals surface area contributed by atoms with Gasteiger partial charge in [-0.2, -0.15) is 0 Å². The quantitative estimate of drug-likeness (QED) is 0.529. The van der Waals surface area contributed by atoms with Crippen molar-refractivity contribution in [1.29, 1.82) is 0 Å². The number of nitrogens with zero attached hydrogens (tertiary/aromatic N) is 3. The smallest absolute Gasteiger partial charge is 0.279 e. The van der Waals surface area contributed by atoms with Gasteiger partial charge in [0.15, 0.2) is 5.69 Å². The van der Waals surface area contributed by atoms with Gasteiger partial charge in [0.1, 0.15) is 5.82 Å². The largest absolute Gasteiger partial charge is 0.368 e. The molecule has 2 aromatic heterocycles. The van der Waals surface area contributed by atoms with E-state index in [0.717, 1.165) is 30.6 Å². The lowest BCUT2D eigenvalue weighted by molar-refractivity contribution is 0.0975. The third kappa shape index (κ3) is 3.30. The minimum Gasteiger partial charge on any atom is -0.368 e. The fourth-order valence-corrected chi connectivity index (χ4v) is 4.20. The van der Waals surface area contributed by atoms with Gasteiger partial charge in [0.05, 0.1) is 0 Å². The van der Waals surface area contributed by atoms with Crippen molar-refractivity contribution >= 4 is 28.3 Å². The number of hydrogen-bond acceptors (Lipinski definition) is 4. The zero-order valence-electron chi connectivity index (χ0n) is 16.8. The molecule has 4 aromatic rings. The molecular formula is C24H23N5O. The first-order valence-corrected chi connectivity index (χ1v) is 10.2. The van der Waals surface area contributed by atoms with Crippen LogP contribution in [-0.4, -0.2) is 33.7 Å². The van der Waals surface area contributed by atoms with Crippen LogP contribution in [0.25, 0.3) is 10.9 Å². The highest BCUT2D eigenvalue weighted by atomic mass is 16.2. The van der Waals surface area contributed by atoms with Gasteiger partial charge in [-0.1, -0.05) is 36.4 Å². The second-order valence-electron chi connectivity index (χ2n) is 7.70. The van der Waals surface area contributed by atoms with E-state index in [1.54, 1.807) is 6.07 Å². The summed E-state index contributed by atoms with van der Waals surface area (Å²) in [6.45, 7) is 2.80. The number of aromatic nitrogens is 3. The summed E-state index contributed by atoms with van der Waals surface area (Å²) in [6.07, 6.45) is 3.78. The molecule has 1 atom stereocenters. The SMILES string of the molecule is CC1Cc2ccccc2N1C(=O)c1ccc(NCCc2c[nH]c3ccccc23)nn1. The summed E-state index contributed by atoms with van der Waals surface area (Å²) in [7, 11) is 0. The first kappa shape index (κ1) is 18.4. The van der Waals surface area contributed by atoms with Crippen molar-refractivity contribution in [3.05, 3.63) is 83.7 Å². The third-order valence-corrected chi connectivity index (χ3v) is 5.69. The summed E-state index contributed by atoms with van der Waals surface area (Å²) in [6, 6.07) is 20.0. The Morgan fingerprint density at radius 3 is 2.80 bits per heavy atom. The predicted molar refractivity (Wildman–Crippen MR) is 119 cm³/mol. The first-order chi connectivity index (χ1) is 14.7. The van der Waals surface area contributed by atoms with Gasteiger partial charge in [-0.15, -0.1) is 10.2 Å². The van der Waals surface area contributed by atoms with Crippen LogP contribution in [0.2, 0.25) is 0 Å². The van der Waals surface area contributed by atoms with Crippen molar-refractivity contribution in [2.45, 2.75) is 25.8 Å². The van der Waals surface area contributed by atoms with Gasteiger partial charge in [0, 0.05) is 35.4 Å². The van der Waals surface area contributed by atoms with E-state index in [2.05, 4.69) is 51.8 Å². The highest BCUT2D eigenvalue weighted by Gasteiger charge is 2.31. The van der Waals surface area contributed by atoms with E-state index in [0.29, 0.717) is 11.5 Å². The lowest BCUT2D eigenvalue weighted by atomic mass is 10.1. The number of nitrogens with one attached hydrogen (secondary N) is 2. The molecule has 150 valence electrons. The molecule has 1 unspecified atom stereocenters. The van der Waals surface area contributed by atoms with Crippen LogP contribution in [0.5, 0.6) is 0 Å². The van der Waals surface area contributed by atoms with Gasteiger partial charge < -0.3 is 15.2 Å². The van der Waals surface area contributed by atoms with E-state index in [-0.39, 0.29) is 11.9 Å². The van der Waals surface area contributed by atoms with Crippen LogP contribution >= 0.6 is 0 Å². The van der Waals surface area contributed by atoms with Crippen LogP contribution < -0.4 is 10.2 Å². The third-order valence-electron chi connectivity index (χ3n) is 5.69. The Hall–Kier alpha value is -3.67. The van der Waals surface area contributed by atoms with E-state index in [4.69, 9.17) is 0 Å². The summed E-state index contributed by atoms with van der Waals surface area (Å²) >= 11 is 0. The van der Waals surface area contributed by atoms with Gasteiger partial charge in [0.2, 0.25) is 0 Å². The number of carbonyl (C=O) groups excluding carboxylic acids is 1. The summed E-state index contributed by atoms with van der Waals surface area (Å²) < 4.78 is 0. The summed E-state index contributed by atoms with van der Waals surface area (Å²) in [5, 5.41) is 12.9. The molecule has 0 radical (unpaired) electrons. The Kier molecular flexibility index (Phi) is 4.67. The number of aromatic amines is 1. The molecule has 6 heteroatoms. The fourth-order valence-electron chi connectivity index (χ4n) is 4.20. The van der Waals surface area contributed by atoms with Crippen LogP contribution in [0.15, 0.2) is 66.9 Å². The van der Waals surface area contributed by atoms with Gasteiger partial charge in [0.25, 0.3) is 5.91 Å². The van der Waals surface area contributed by atoms with Gasteiger partial charge in [-0.05, 0) is 55.2 Å². The van der Waals surface area contributed by atoms with Crippen molar-refractivity contribution in [2.24, 2.45) is 0 Å². The number of benzene rings is 2.